The molecule has 27 heavy (non-hydrogen) atoms. The topological polar surface area (TPSA) is 67.4 Å². The second-order valence-electron chi connectivity index (χ2n) is 9.00. The van der Waals surface area contributed by atoms with Crippen molar-refractivity contribution in [2.75, 3.05) is 13.7 Å². The van der Waals surface area contributed by atoms with E-state index in [2.05, 4.69) is 10.6 Å². The molecule has 1 aromatic rings. The SMILES string of the molecule is COc1cccc(CNC(=O)CNC(=O)CC23CC4CC(CC(C4)C2)C3)c1. The molecule has 5 rings (SSSR count). The van der Waals surface area contributed by atoms with Crippen LogP contribution in [-0.2, 0) is 16.1 Å². The van der Waals surface area contributed by atoms with E-state index in [1.165, 1.54) is 38.5 Å². The molecule has 0 aliphatic heterocycles. The Morgan fingerprint density at radius 1 is 1.04 bits per heavy atom. The van der Waals surface area contributed by atoms with Crippen molar-refractivity contribution in [1.82, 2.24) is 10.6 Å². The first-order valence-corrected chi connectivity index (χ1v) is 10.2. The zero-order valence-corrected chi connectivity index (χ0v) is 16.1. The molecule has 0 radical (unpaired) electrons. The van der Waals surface area contributed by atoms with E-state index >= 15 is 0 Å². The van der Waals surface area contributed by atoms with Gasteiger partial charge in [-0.05, 0) is 79.4 Å². The molecule has 0 unspecified atom stereocenters. The van der Waals surface area contributed by atoms with Crippen LogP contribution in [0.1, 0.15) is 50.5 Å². The molecule has 4 aliphatic rings. The Hall–Kier alpha value is -2.04. The second-order valence-corrected chi connectivity index (χ2v) is 9.00. The van der Waals surface area contributed by atoms with Crippen LogP contribution in [0.15, 0.2) is 24.3 Å². The number of ether oxygens (including phenoxy) is 1. The van der Waals surface area contributed by atoms with Gasteiger partial charge >= 0.3 is 0 Å². The molecule has 0 atom stereocenters. The number of carbonyl (C=O) groups excluding carboxylic acids is 2. The monoisotopic (exact) mass is 370 g/mol. The van der Waals surface area contributed by atoms with Crippen molar-refractivity contribution in [2.45, 2.75) is 51.5 Å². The van der Waals surface area contributed by atoms with Gasteiger partial charge in [-0.25, -0.2) is 0 Å². The summed E-state index contributed by atoms with van der Waals surface area (Å²) in [4.78, 5) is 24.6. The van der Waals surface area contributed by atoms with Gasteiger partial charge in [0, 0.05) is 13.0 Å². The average molecular weight is 370 g/mol. The zero-order valence-electron chi connectivity index (χ0n) is 16.1. The van der Waals surface area contributed by atoms with Crippen molar-refractivity contribution in [3.8, 4) is 5.75 Å². The predicted molar refractivity (Wildman–Crippen MR) is 103 cm³/mol. The smallest absolute Gasteiger partial charge is 0.239 e. The van der Waals surface area contributed by atoms with E-state index < -0.39 is 0 Å². The molecule has 0 saturated heterocycles. The van der Waals surface area contributed by atoms with Crippen LogP contribution < -0.4 is 15.4 Å². The summed E-state index contributed by atoms with van der Waals surface area (Å²) in [6.07, 6.45) is 8.39. The number of hydrogen-bond acceptors (Lipinski definition) is 3. The molecular formula is C22H30N2O3. The summed E-state index contributed by atoms with van der Waals surface area (Å²) < 4.78 is 5.19. The highest BCUT2D eigenvalue weighted by Gasteiger charge is 2.51. The first-order valence-electron chi connectivity index (χ1n) is 10.2. The van der Waals surface area contributed by atoms with E-state index in [0.717, 1.165) is 29.1 Å². The highest BCUT2D eigenvalue weighted by Crippen LogP contribution is 2.61. The molecule has 4 aliphatic carbocycles. The van der Waals surface area contributed by atoms with Gasteiger partial charge in [0.25, 0.3) is 0 Å². The van der Waals surface area contributed by atoms with Gasteiger partial charge in [0.15, 0.2) is 0 Å². The summed E-state index contributed by atoms with van der Waals surface area (Å²) in [6.45, 7) is 0.482. The van der Waals surface area contributed by atoms with Crippen LogP contribution in [0.3, 0.4) is 0 Å². The van der Waals surface area contributed by atoms with Gasteiger partial charge in [-0.2, -0.15) is 0 Å². The maximum atomic E-state index is 12.5. The molecule has 5 heteroatoms. The van der Waals surface area contributed by atoms with Crippen LogP contribution in [0.5, 0.6) is 5.75 Å². The number of methoxy groups -OCH3 is 1. The lowest BCUT2D eigenvalue weighted by molar-refractivity contribution is -0.131. The predicted octanol–water partition coefficient (Wildman–Crippen LogP) is 3.03. The third kappa shape index (κ3) is 4.28. The summed E-state index contributed by atoms with van der Waals surface area (Å²) >= 11 is 0. The van der Waals surface area contributed by atoms with Crippen molar-refractivity contribution in [3.05, 3.63) is 29.8 Å². The number of hydrogen-bond donors (Lipinski definition) is 2. The minimum Gasteiger partial charge on any atom is -0.497 e. The van der Waals surface area contributed by atoms with Crippen LogP contribution in [0.2, 0.25) is 0 Å². The fraction of sp³-hybridized carbons (Fsp3) is 0.636. The molecule has 4 fully saturated rings. The second kappa shape index (κ2) is 7.53. The number of benzene rings is 1. The van der Waals surface area contributed by atoms with E-state index in [0.29, 0.717) is 13.0 Å². The van der Waals surface area contributed by atoms with E-state index in [1.807, 2.05) is 24.3 Å². The first kappa shape index (κ1) is 18.3. The molecular weight excluding hydrogens is 340 g/mol. The third-order valence-electron chi connectivity index (χ3n) is 6.77. The molecule has 0 spiro atoms. The van der Waals surface area contributed by atoms with Gasteiger partial charge < -0.3 is 15.4 Å². The Morgan fingerprint density at radius 2 is 1.70 bits per heavy atom. The van der Waals surface area contributed by atoms with Gasteiger partial charge in [0.05, 0.1) is 13.7 Å². The molecule has 146 valence electrons. The van der Waals surface area contributed by atoms with Gasteiger partial charge in [-0.1, -0.05) is 12.1 Å². The normalized spacial score (nSPS) is 30.8. The maximum Gasteiger partial charge on any atom is 0.239 e. The van der Waals surface area contributed by atoms with Crippen LogP contribution in [-0.4, -0.2) is 25.5 Å². The number of rotatable bonds is 7. The molecule has 5 nitrogen and oxygen atoms in total. The zero-order chi connectivity index (χ0) is 18.9. The lowest BCUT2D eigenvalue weighted by atomic mass is 9.49. The van der Waals surface area contributed by atoms with Crippen molar-refractivity contribution in [1.29, 1.82) is 0 Å². The first-order chi connectivity index (χ1) is 13.0. The van der Waals surface area contributed by atoms with Crippen LogP contribution >= 0.6 is 0 Å². The fourth-order valence-electron chi connectivity index (χ4n) is 6.13. The number of nitrogens with one attached hydrogen (secondary N) is 2. The standard InChI is InChI=1S/C22H30N2O3/c1-27-19-4-2-3-15(8-19)13-23-21(26)14-24-20(25)12-22-9-16-5-17(10-22)7-18(6-16)11-22/h2-4,8,16-18H,5-7,9-14H2,1H3,(H,23,26)(H,24,25). The van der Waals surface area contributed by atoms with Crippen molar-refractivity contribution in [3.63, 3.8) is 0 Å². The molecule has 2 N–H and O–H groups in total. The molecule has 0 heterocycles. The highest BCUT2D eigenvalue weighted by atomic mass is 16.5. The highest BCUT2D eigenvalue weighted by molar-refractivity contribution is 5.84. The van der Waals surface area contributed by atoms with Crippen molar-refractivity contribution >= 4 is 11.8 Å². The number of carbonyl (C=O) groups is 2. The van der Waals surface area contributed by atoms with E-state index in [1.54, 1.807) is 7.11 Å². The van der Waals surface area contributed by atoms with Crippen LogP contribution in [0.25, 0.3) is 0 Å². The molecule has 0 aromatic heterocycles. The Kier molecular flexibility index (Phi) is 5.11. The quantitative estimate of drug-likeness (QED) is 0.775. The third-order valence-corrected chi connectivity index (χ3v) is 6.77. The van der Waals surface area contributed by atoms with Crippen LogP contribution in [0.4, 0.5) is 0 Å². The average Bonchev–Trinajstić information content (AvgIpc) is 2.63. The minimum atomic E-state index is -0.156. The maximum absolute atomic E-state index is 12.5. The van der Waals surface area contributed by atoms with Crippen molar-refractivity contribution in [2.24, 2.45) is 23.2 Å². The number of amides is 2. The van der Waals surface area contributed by atoms with Gasteiger partial charge in [-0.3, -0.25) is 9.59 Å². The summed E-state index contributed by atoms with van der Waals surface area (Å²) in [6, 6.07) is 7.60. The van der Waals surface area contributed by atoms with Gasteiger partial charge in [0.2, 0.25) is 11.8 Å². The fourth-order valence-corrected chi connectivity index (χ4v) is 6.13. The van der Waals surface area contributed by atoms with E-state index in [-0.39, 0.29) is 23.8 Å². The summed E-state index contributed by atoms with van der Waals surface area (Å²) in [7, 11) is 1.62. The lowest BCUT2D eigenvalue weighted by Crippen LogP contribution is -2.48. The van der Waals surface area contributed by atoms with Crippen LogP contribution in [0, 0.1) is 23.2 Å². The Labute approximate surface area is 161 Å². The molecule has 4 saturated carbocycles. The van der Waals surface area contributed by atoms with E-state index in [4.69, 9.17) is 4.74 Å². The molecule has 2 amide bonds. The Morgan fingerprint density at radius 3 is 2.33 bits per heavy atom. The van der Waals surface area contributed by atoms with Crippen molar-refractivity contribution < 1.29 is 14.3 Å². The molecule has 4 bridgehead atoms. The van der Waals surface area contributed by atoms with Gasteiger partial charge in [-0.15, -0.1) is 0 Å². The molecule has 1 aromatic carbocycles. The van der Waals surface area contributed by atoms with E-state index in [9.17, 15) is 9.59 Å². The summed E-state index contributed by atoms with van der Waals surface area (Å²) in [5, 5.41) is 5.70. The lowest BCUT2D eigenvalue weighted by Gasteiger charge is -2.56. The minimum absolute atomic E-state index is 0.0356. The Balaban J connectivity index is 1.22. The summed E-state index contributed by atoms with van der Waals surface area (Å²) in [5.41, 5.74) is 1.19. The largest absolute Gasteiger partial charge is 0.497 e. The summed E-state index contributed by atoms with van der Waals surface area (Å²) in [5.74, 6) is 3.18. The van der Waals surface area contributed by atoms with Gasteiger partial charge in [0.1, 0.15) is 5.75 Å². The Bertz CT molecular complexity index is 680.